The Labute approximate surface area is 112 Å². The minimum atomic E-state index is -0.302. The lowest BCUT2D eigenvalue weighted by atomic mass is 9.82. The zero-order valence-corrected chi connectivity index (χ0v) is 11.0. The van der Waals surface area contributed by atoms with Crippen molar-refractivity contribution in [3.05, 3.63) is 35.1 Å². The number of Topliss-reactive ketones (excluding diaryl/α,β-unsaturated/α-hetero) is 1. The molecule has 1 N–H and O–H groups in total. The maximum absolute atomic E-state index is 13.6. The van der Waals surface area contributed by atoms with Crippen LogP contribution in [0.4, 0.5) is 4.39 Å². The first kappa shape index (κ1) is 12.8. The average molecular weight is 263 g/mol. The van der Waals surface area contributed by atoms with Gasteiger partial charge in [0, 0.05) is 23.6 Å². The molecule has 2 heterocycles. The van der Waals surface area contributed by atoms with E-state index in [4.69, 9.17) is 4.74 Å². The molecule has 0 amide bonds. The number of hydrogen-bond donors (Lipinski definition) is 1. The first-order valence-electron chi connectivity index (χ1n) is 6.77. The van der Waals surface area contributed by atoms with E-state index in [2.05, 4.69) is 5.32 Å². The van der Waals surface area contributed by atoms with E-state index in [-0.39, 0.29) is 29.6 Å². The van der Waals surface area contributed by atoms with E-state index in [0.29, 0.717) is 24.3 Å². The normalized spacial score (nSPS) is 30.1. The van der Waals surface area contributed by atoms with Crippen molar-refractivity contribution in [1.29, 1.82) is 0 Å². The van der Waals surface area contributed by atoms with E-state index in [1.807, 2.05) is 0 Å². The summed E-state index contributed by atoms with van der Waals surface area (Å²) in [5.74, 6) is -0.247. The number of ketones is 1. The monoisotopic (exact) mass is 263 g/mol. The summed E-state index contributed by atoms with van der Waals surface area (Å²) in [6.45, 7) is 3.04. The number of aryl methyl sites for hydroxylation is 1. The Morgan fingerprint density at radius 3 is 2.63 bits per heavy atom. The molecular weight excluding hydrogens is 245 g/mol. The van der Waals surface area contributed by atoms with Crippen molar-refractivity contribution in [1.82, 2.24) is 5.32 Å². The molecule has 1 aromatic carbocycles. The fourth-order valence-corrected chi connectivity index (χ4v) is 3.03. The summed E-state index contributed by atoms with van der Waals surface area (Å²) in [4.78, 5) is 12.5. The molecule has 2 saturated heterocycles. The van der Waals surface area contributed by atoms with Crippen molar-refractivity contribution in [3.63, 3.8) is 0 Å². The van der Waals surface area contributed by atoms with Crippen LogP contribution in [0.3, 0.4) is 0 Å². The van der Waals surface area contributed by atoms with Crippen LogP contribution >= 0.6 is 0 Å². The van der Waals surface area contributed by atoms with Crippen molar-refractivity contribution in [2.45, 2.75) is 31.8 Å². The zero-order valence-electron chi connectivity index (χ0n) is 11.0. The van der Waals surface area contributed by atoms with Gasteiger partial charge in [0.2, 0.25) is 0 Å². The van der Waals surface area contributed by atoms with E-state index in [1.165, 1.54) is 6.07 Å². The van der Waals surface area contributed by atoms with Crippen LogP contribution in [0.15, 0.2) is 18.2 Å². The quantitative estimate of drug-likeness (QED) is 0.830. The summed E-state index contributed by atoms with van der Waals surface area (Å²) in [6.07, 6.45) is 1.57. The minimum absolute atomic E-state index is 0.0118. The maximum atomic E-state index is 13.6. The predicted octanol–water partition coefficient (Wildman–Crippen LogP) is 2.08. The van der Waals surface area contributed by atoms with Gasteiger partial charge in [0.05, 0.1) is 13.2 Å². The first-order chi connectivity index (χ1) is 9.13. The number of carbonyl (C=O) groups excluding carboxylic acids is 1. The van der Waals surface area contributed by atoms with E-state index >= 15 is 0 Å². The second-order valence-corrected chi connectivity index (χ2v) is 5.59. The number of ether oxygens (including phenoxy) is 1. The van der Waals surface area contributed by atoms with Gasteiger partial charge in [-0.15, -0.1) is 0 Å². The molecule has 2 atom stereocenters. The van der Waals surface area contributed by atoms with E-state index < -0.39 is 0 Å². The molecule has 19 heavy (non-hydrogen) atoms. The largest absolute Gasteiger partial charge is 0.378 e. The van der Waals surface area contributed by atoms with Gasteiger partial charge in [0.1, 0.15) is 5.82 Å². The van der Waals surface area contributed by atoms with Gasteiger partial charge in [0.15, 0.2) is 5.78 Å². The molecule has 0 spiro atoms. The summed E-state index contributed by atoms with van der Waals surface area (Å²) in [6, 6.07) is 5.29. The van der Waals surface area contributed by atoms with E-state index in [9.17, 15) is 9.18 Å². The van der Waals surface area contributed by atoms with Crippen LogP contribution in [0.2, 0.25) is 0 Å². The van der Waals surface area contributed by atoms with Crippen LogP contribution < -0.4 is 5.32 Å². The fraction of sp³-hybridized carbons (Fsp3) is 0.533. The highest BCUT2D eigenvalue weighted by atomic mass is 19.1. The number of halogens is 1. The molecule has 2 unspecified atom stereocenters. The third kappa shape index (κ3) is 2.55. The maximum Gasteiger partial charge on any atom is 0.166 e. The average Bonchev–Trinajstić information content (AvgIpc) is 2.40. The Balaban J connectivity index is 1.78. The molecule has 3 rings (SSSR count). The van der Waals surface area contributed by atoms with Crippen molar-refractivity contribution < 1.29 is 13.9 Å². The topological polar surface area (TPSA) is 38.3 Å². The molecule has 2 aliphatic rings. The standard InChI is InChI=1S/C15H18FNO2/c1-9-2-3-10(6-14(9)16)15(18)11-4-12-7-19-8-13(5-11)17-12/h2-3,6,11-13,17H,4-5,7-8H2,1H3. The molecule has 0 aliphatic carbocycles. The number of hydrogen-bond acceptors (Lipinski definition) is 3. The summed E-state index contributed by atoms with van der Waals surface area (Å²) >= 11 is 0. The number of rotatable bonds is 2. The van der Waals surface area contributed by atoms with E-state index in [0.717, 1.165) is 12.8 Å². The Bertz CT molecular complexity index is 491. The predicted molar refractivity (Wildman–Crippen MR) is 69.7 cm³/mol. The van der Waals surface area contributed by atoms with Gasteiger partial charge >= 0.3 is 0 Å². The van der Waals surface area contributed by atoms with Crippen molar-refractivity contribution in [3.8, 4) is 0 Å². The molecule has 0 saturated carbocycles. The molecule has 4 heteroatoms. The third-order valence-corrected chi connectivity index (χ3v) is 4.07. The van der Waals surface area contributed by atoms with Gasteiger partial charge < -0.3 is 10.1 Å². The fourth-order valence-electron chi connectivity index (χ4n) is 3.03. The van der Waals surface area contributed by atoms with Crippen LogP contribution in [0.25, 0.3) is 0 Å². The summed E-state index contributed by atoms with van der Waals surface area (Å²) in [5, 5.41) is 3.46. The summed E-state index contributed by atoms with van der Waals surface area (Å²) in [7, 11) is 0. The molecule has 0 aromatic heterocycles. The van der Waals surface area contributed by atoms with Gasteiger partial charge in [-0.1, -0.05) is 12.1 Å². The molecule has 2 bridgehead atoms. The zero-order chi connectivity index (χ0) is 13.4. The number of benzene rings is 1. The summed E-state index contributed by atoms with van der Waals surface area (Å²) in [5.41, 5.74) is 1.07. The Morgan fingerprint density at radius 1 is 1.32 bits per heavy atom. The molecule has 2 fully saturated rings. The molecule has 102 valence electrons. The second kappa shape index (κ2) is 5.02. The van der Waals surface area contributed by atoms with Crippen molar-refractivity contribution in [2.24, 2.45) is 5.92 Å². The number of piperidine rings is 1. The third-order valence-electron chi connectivity index (χ3n) is 4.07. The SMILES string of the molecule is Cc1ccc(C(=O)C2CC3COCC(C2)N3)cc1F. The lowest BCUT2D eigenvalue weighted by molar-refractivity contribution is 0.00952. The second-order valence-electron chi connectivity index (χ2n) is 5.59. The molecule has 2 aliphatic heterocycles. The lowest BCUT2D eigenvalue weighted by Crippen LogP contribution is -2.55. The molecule has 1 aromatic rings. The smallest absolute Gasteiger partial charge is 0.166 e. The number of nitrogens with one attached hydrogen (secondary N) is 1. The number of morpholine rings is 1. The Hall–Kier alpha value is -1.26. The molecule has 0 radical (unpaired) electrons. The number of carbonyl (C=O) groups is 1. The van der Waals surface area contributed by atoms with Crippen molar-refractivity contribution in [2.75, 3.05) is 13.2 Å². The van der Waals surface area contributed by atoms with Crippen LogP contribution in [-0.4, -0.2) is 31.1 Å². The minimum Gasteiger partial charge on any atom is -0.378 e. The van der Waals surface area contributed by atoms with E-state index in [1.54, 1.807) is 19.1 Å². The van der Waals surface area contributed by atoms with Crippen LogP contribution in [0.1, 0.15) is 28.8 Å². The molecule has 3 nitrogen and oxygen atoms in total. The Kier molecular flexibility index (Phi) is 3.37. The summed E-state index contributed by atoms with van der Waals surface area (Å²) < 4.78 is 19.0. The highest BCUT2D eigenvalue weighted by molar-refractivity contribution is 5.98. The van der Waals surface area contributed by atoms with Gasteiger partial charge in [-0.25, -0.2) is 4.39 Å². The van der Waals surface area contributed by atoms with Crippen molar-refractivity contribution >= 4 is 5.78 Å². The van der Waals surface area contributed by atoms with Crippen LogP contribution in [-0.2, 0) is 4.74 Å². The Morgan fingerprint density at radius 2 is 2.00 bits per heavy atom. The van der Waals surface area contributed by atoms with Gasteiger partial charge in [-0.05, 0) is 31.4 Å². The highest BCUT2D eigenvalue weighted by Crippen LogP contribution is 2.27. The van der Waals surface area contributed by atoms with Gasteiger partial charge in [0.25, 0.3) is 0 Å². The van der Waals surface area contributed by atoms with Crippen LogP contribution in [0.5, 0.6) is 0 Å². The number of fused-ring (bicyclic) bond motifs is 2. The van der Waals surface area contributed by atoms with Gasteiger partial charge in [-0.3, -0.25) is 4.79 Å². The first-order valence-corrected chi connectivity index (χ1v) is 6.77. The van der Waals surface area contributed by atoms with Gasteiger partial charge in [-0.2, -0.15) is 0 Å². The highest BCUT2D eigenvalue weighted by Gasteiger charge is 2.35. The molecular formula is C15H18FNO2. The lowest BCUT2D eigenvalue weighted by Gasteiger charge is -2.39. The van der Waals surface area contributed by atoms with Crippen LogP contribution in [0, 0.1) is 18.7 Å².